The van der Waals surface area contributed by atoms with E-state index in [0.29, 0.717) is 0 Å². The van der Waals surface area contributed by atoms with Crippen LogP contribution >= 0.6 is 0 Å². The lowest BCUT2D eigenvalue weighted by molar-refractivity contribution is 0.393. The van der Waals surface area contributed by atoms with E-state index in [9.17, 15) is 5.26 Å². The van der Waals surface area contributed by atoms with E-state index >= 15 is 0 Å². The summed E-state index contributed by atoms with van der Waals surface area (Å²) < 4.78 is 5.36. The summed E-state index contributed by atoms with van der Waals surface area (Å²) in [6.45, 7) is 12.9. The third-order valence-corrected chi connectivity index (χ3v) is 5.32. The molecule has 0 saturated carbocycles. The lowest BCUT2D eigenvalue weighted by Gasteiger charge is -2.27. The van der Waals surface area contributed by atoms with Gasteiger partial charge in [0.2, 0.25) is 0 Å². The van der Waals surface area contributed by atoms with E-state index < -0.39 is 5.41 Å². The summed E-state index contributed by atoms with van der Waals surface area (Å²) in [6.07, 6.45) is 0. The van der Waals surface area contributed by atoms with Crippen molar-refractivity contribution in [3.05, 3.63) is 65.0 Å². The number of benzene rings is 2. The molecular weight excluding hydrogens is 346 g/mol. The van der Waals surface area contributed by atoms with Gasteiger partial charge in [-0.15, -0.1) is 0 Å². The van der Waals surface area contributed by atoms with Gasteiger partial charge >= 0.3 is 0 Å². The van der Waals surface area contributed by atoms with Crippen LogP contribution in [0.25, 0.3) is 11.1 Å². The molecule has 0 aliphatic rings. The molecule has 28 heavy (non-hydrogen) atoms. The fraction of sp³-hybridized carbons (Fsp3) is 0.333. The number of hydrogen-bond donors (Lipinski definition) is 0. The Hall–Kier alpha value is -3.06. The lowest BCUT2D eigenvalue weighted by Crippen LogP contribution is -2.18. The summed E-state index contributed by atoms with van der Waals surface area (Å²) in [7, 11) is 0. The molecule has 0 fully saturated rings. The number of anilines is 2. The Morgan fingerprint density at radius 1 is 1.07 bits per heavy atom. The zero-order valence-corrected chi connectivity index (χ0v) is 17.5. The van der Waals surface area contributed by atoms with Gasteiger partial charge in [0.25, 0.3) is 0 Å². The topological polar surface area (TPSA) is 53.1 Å². The molecule has 0 bridgehead atoms. The normalized spacial score (nSPS) is 11.3. The summed E-state index contributed by atoms with van der Waals surface area (Å²) in [6, 6.07) is 17.1. The number of aromatic nitrogens is 1. The van der Waals surface area contributed by atoms with E-state index in [1.165, 1.54) is 5.56 Å². The van der Waals surface area contributed by atoms with Crippen LogP contribution in [-0.2, 0) is 5.41 Å². The van der Waals surface area contributed by atoms with Crippen molar-refractivity contribution in [3.8, 4) is 17.2 Å². The smallest absolute Gasteiger partial charge is 0.141 e. The van der Waals surface area contributed by atoms with Crippen LogP contribution in [0.5, 0.6) is 0 Å². The summed E-state index contributed by atoms with van der Waals surface area (Å²) in [5.74, 6) is 0.832. The van der Waals surface area contributed by atoms with Crippen molar-refractivity contribution in [1.29, 1.82) is 5.26 Å². The number of hydrogen-bond acceptors (Lipinski definition) is 4. The molecule has 0 radical (unpaired) electrons. The van der Waals surface area contributed by atoms with Gasteiger partial charge in [0.05, 0.1) is 17.2 Å². The summed E-state index contributed by atoms with van der Waals surface area (Å²) in [5, 5.41) is 13.5. The average molecular weight is 374 g/mol. The molecule has 0 unspecified atom stereocenters. The molecule has 3 rings (SSSR count). The molecule has 4 nitrogen and oxygen atoms in total. The number of rotatable bonds is 5. The van der Waals surface area contributed by atoms with Gasteiger partial charge in [0.15, 0.2) is 0 Å². The second kappa shape index (κ2) is 7.52. The lowest BCUT2D eigenvalue weighted by atomic mass is 9.86. The van der Waals surface area contributed by atoms with Crippen molar-refractivity contribution < 1.29 is 4.52 Å². The number of nitriles is 1. The van der Waals surface area contributed by atoms with Gasteiger partial charge < -0.3 is 9.42 Å². The van der Waals surface area contributed by atoms with Gasteiger partial charge in [-0.25, -0.2) is 0 Å². The van der Waals surface area contributed by atoms with Crippen LogP contribution in [0.4, 0.5) is 11.4 Å². The fourth-order valence-electron chi connectivity index (χ4n) is 3.57. The average Bonchev–Trinajstić information content (AvgIpc) is 3.02. The molecule has 2 aromatic carbocycles. The Morgan fingerprint density at radius 2 is 1.75 bits per heavy atom. The molecule has 3 aromatic rings. The summed E-state index contributed by atoms with van der Waals surface area (Å²) in [5.41, 5.74) is 7.08. The van der Waals surface area contributed by atoms with Crippen molar-refractivity contribution in [1.82, 2.24) is 5.16 Å². The van der Waals surface area contributed by atoms with Crippen molar-refractivity contribution in [3.63, 3.8) is 0 Å². The second-order valence-electron chi connectivity index (χ2n) is 7.73. The van der Waals surface area contributed by atoms with Gasteiger partial charge in [-0.1, -0.05) is 29.4 Å². The Labute approximate surface area is 167 Å². The molecule has 0 aliphatic carbocycles. The maximum Gasteiger partial charge on any atom is 0.141 e. The summed E-state index contributed by atoms with van der Waals surface area (Å²) >= 11 is 0. The first-order valence-corrected chi connectivity index (χ1v) is 9.61. The Balaban J connectivity index is 2.04. The van der Waals surface area contributed by atoms with Gasteiger partial charge in [0.1, 0.15) is 5.76 Å². The molecule has 0 spiro atoms. The van der Waals surface area contributed by atoms with Crippen LogP contribution in [0.3, 0.4) is 0 Å². The van der Waals surface area contributed by atoms with Gasteiger partial charge in [0, 0.05) is 23.5 Å². The third-order valence-electron chi connectivity index (χ3n) is 5.32. The molecule has 0 N–H and O–H groups in total. The molecular formula is C24H27N3O. The minimum atomic E-state index is -0.491. The quantitative estimate of drug-likeness (QED) is 0.532. The standard InChI is InChI=1S/C24H27N3O/c1-7-27(21-12-10-20(11-13-21)24(5,6)15-25)22-14-19(9-8-16(22)2)23-17(3)26-28-18(23)4/h8-14H,7H2,1-6H3. The monoisotopic (exact) mass is 373 g/mol. The Bertz CT molecular complexity index is 1000. The van der Waals surface area contributed by atoms with Crippen molar-refractivity contribution in [2.45, 2.75) is 47.0 Å². The zero-order chi connectivity index (χ0) is 20.5. The Kier molecular flexibility index (Phi) is 5.29. The molecule has 0 aliphatic heterocycles. The second-order valence-corrected chi connectivity index (χ2v) is 7.73. The highest BCUT2D eigenvalue weighted by Crippen LogP contribution is 2.35. The maximum absolute atomic E-state index is 9.38. The largest absolute Gasteiger partial charge is 0.361 e. The molecule has 1 heterocycles. The van der Waals surface area contributed by atoms with Crippen LogP contribution in [-0.4, -0.2) is 11.7 Å². The molecule has 4 heteroatoms. The van der Waals surface area contributed by atoms with Crippen molar-refractivity contribution >= 4 is 11.4 Å². The predicted molar refractivity (Wildman–Crippen MR) is 114 cm³/mol. The zero-order valence-electron chi connectivity index (χ0n) is 17.5. The third kappa shape index (κ3) is 3.53. The van der Waals surface area contributed by atoms with Crippen LogP contribution in [0, 0.1) is 32.1 Å². The SMILES string of the molecule is CCN(c1ccc(C(C)(C)C#N)cc1)c1cc(-c2c(C)noc2C)ccc1C. The predicted octanol–water partition coefficient (Wildman–Crippen LogP) is 6.23. The van der Waals surface area contributed by atoms with Crippen molar-refractivity contribution in [2.24, 2.45) is 0 Å². The first-order chi connectivity index (χ1) is 13.3. The molecule has 1 aromatic heterocycles. The highest BCUT2D eigenvalue weighted by molar-refractivity contribution is 5.76. The number of aryl methyl sites for hydroxylation is 3. The first kappa shape index (κ1) is 19.7. The van der Waals surface area contributed by atoms with Gasteiger partial charge in [-0.3, -0.25) is 0 Å². The van der Waals surface area contributed by atoms with E-state index in [-0.39, 0.29) is 0 Å². The minimum Gasteiger partial charge on any atom is -0.361 e. The van der Waals surface area contributed by atoms with E-state index in [2.05, 4.69) is 72.4 Å². The molecule has 0 saturated heterocycles. The summed E-state index contributed by atoms with van der Waals surface area (Å²) in [4.78, 5) is 2.29. The molecule has 0 amide bonds. The van der Waals surface area contributed by atoms with Crippen LogP contribution < -0.4 is 4.90 Å². The molecule has 0 atom stereocenters. The molecule has 144 valence electrons. The van der Waals surface area contributed by atoms with Crippen LogP contribution in [0.2, 0.25) is 0 Å². The van der Waals surface area contributed by atoms with E-state index in [0.717, 1.165) is 46.1 Å². The van der Waals surface area contributed by atoms with Crippen LogP contribution in [0.1, 0.15) is 43.4 Å². The van der Waals surface area contributed by atoms with E-state index in [4.69, 9.17) is 4.52 Å². The fourth-order valence-corrected chi connectivity index (χ4v) is 3.57. The first-order valence-electron chi connectivity index (χ1n) is 9.61. The highest BCUT2D eigenvalue weighted by atomic mass is 16.5. The highest BCUT2D eigenvalue weighted by Gasteiger charge is 2.20. The van der Waals surface area contributed by atoms with E-state index in [1.54, 1.807) is 0 Å². The van der Waals surface area contributed by atoms with Gasteiger partial charge in [-0.2, -0.15) is 5.26 Å². The Morgan fingerprint density at radius 3 is 2.29 bits per heavy atom. The van der Waals surface area contributed by atoms with E-state index in [1.807, 2.05) is 27.7 Å². The maximum atomic E-state index is 9.38. The van der Waals surface area contributed by atoms with Crippen LogP contribution in [0.15, 0.2) is 47.0 Å². The number of nitrogens with zero attached hydrogens (tertiary/aromatic N) is 3. The van der Waals surface area contributed by atoms with Crippen molar-refractivity contribution in [2.75, 3.05) is 11.4 Å². The van der Waals surface area contributed by atoms with Gasteiger partial charge in [-0.05, 0) is 76.4 Å². The minimum absolute atomic E-state index is 0.491.